The second kappa shape index (κ2) is 6.99. The van der Waals surface area contributed by atoms with Crippen molar-refractivity contribution in [2.24, 2.45) is 5.92 Å². The molecular weight excluding hydrogens is 373 g/mol. The lowest BCUT2D eigenvalue weighted by Gasteiger charge is -2.33. The van der Waals surface area contributed by atoms with Crippen LogP contribution in [0.1, 0.15) is 41.6 Å². The Balaban J connectivity index is 1.43. The van der Waals surface area contributed by atoms with Crippen LogP contribution in [-0.4, -0.2) is 50.0 Å². The first-order valence-electron chi connectivity index (χ1n) is 9.09. The third-order valence-corrected chi connectivity index (χ3v) is 5.28. The molecule has 10 heteroatoms. The quantitative estimate of drug-likeness (QED) is 0.862. The zero-order chi connectivity index (χ0) is 19.8. The maximum atomic E-state index is 13.0. The van der Waals surface area contributed by atoms with E-state index in [1.54, 1.807) is 12.4 Å². The van der Waals surface area contributed by atoms with E-state index >= 15 is 0 Å². The largest absolute Gasteiger partial charge is 0.393 e. The third-order valence-electron chi connectivity index (χ3n) is 5.28. The van der Waals surface area contributed by atoms with Gasteiger partial charge in [0, 0.05) is 43.4 Å². The van der Waals surface area contributed by atoms with Crippen LogP contribution in [0.4, 0.5) is 19.1 Å². The molecule has 2 aromatic heterocycles. The highest BCUT2D eigenvalue weighted by atomic mass is 19.4. The number of hydrogen-bond donors (Lipinski definition) is 1. The zero-order valence-corrected chi connectivity index (χ0v) is 15.0. The second-order valence-corrected chi connectivity index (χ2v) is 7.26. The molecule has 0 unspecified atom stereocenters. The van der Waals surface area contributed by atoms with Gasteiger partial charge >= 0.3 is 6.18 Å². The Bertz CT molecular complexity index is 839. The number of amides is 1. The Morgan fingerprint density at radius 3 is 2.43 bits per heavy atom. The van der Waals surface area contributed by atoms with E-state index in [0.717, 1.165) is 18.4 Å². The van der Waals surface area contributed by atoms with Gasteiger partial charge in [-0.05, 0) is 25.7 Å². The van der Waals surface area contributed by atoms with Crippen LogP contribution in [0.25, 0.3) is 0 Å². The standard InChI is InChI=1S/C18H19F3N6O/c19-18(20,21)13-2-1-5-27(10-13)15(28)12-6-24-16(25-7-12)26-17(3-4-17)14-8-22-11-23-9-14/h6-9,11,13H,1-5,10H2,(H,24,25,26)/t13-/m0/s1. The summed E-state index contributed by atoms with van der Waals surface area (Å²) in [5.41, 5.74) is 0.811. The molecule has 1 aliphatic carbocycles. The minimum Gasteiger partial charge on any atom is -0.345 e. The smallest absolute Gasteiger partial charge is 0.345 e. The summed E-state index contributed by atoms with van der Waals surface area (Å²) < 4.78 is 38.9. The molecule has 148 valence electrons. The van der Waals surface area contributed by atoms with Gasteiger partial charge < -0.3 is 10.2 Å². The molecule has 2 fully saturated rings. The lowest BCUT2D eigenvalue weighted by Crippen LogP contribution is -2.44. The number of hydrogen-bond acceptors (Lipinski definition) is 6. The van der Waals surface area contributed by atoms with Crippen molar-refractivity contribution in [3.63, 3.8) is 0 Å². The molecule has 1 N–H and O–H groups in total. The number of anilines is 1. The highest BCUT2D eigenvalue weighted by Gasteiger charge is 2.46. The van der Waals surface area contributed by atoms with Gasteiger partial charge in [0.1, 0.15) is 6.33 Å². The van der Waals surface area contributed by atoms with Crippen molar-refractivity contribution < 1.29 is 18.0 Å². The summed E-state index contributed by atoms with van der Waals surface area (Å²) in [6, 6.07) is 0. The first-order chi connectivity index (χ1) is 13.4. The highest BCUT2D eigenvalue weighted by Crippen LogP contribution is 2.47. The number of nitrogens with zero attached hydrogens (tertiary/aromatic N) is 5. The maximum Gasteiger partial charge on any atom is 0.393 e. The Morgan fingerprint density at radius 2 is 1.82 bits per heavy atom. The van der Waals surface area contributed by atoms with Crippen LogP contribution in [0.5, 0.6) is 0 Å². The van der Waals surface area contributed by atoms with Crippen molar-refractivity contribution in [3.8, 4) is 0 Å². The molecule has 1 aliphatic heterocycles. The normalized spacial score (nSPS) is 21.2. The first kappa shape index (κ1) is 18.6. The van der Waals surface area contributed by atoms with Crippen molar-refractivity contribution in [3.05, 3.63) is 42.2 Å². The Morgan fingerprint density at radius 1 is 1.14 bits per heavy atom. The van der Waals surface area contributed by atoms with Crippen molar-refractivity contribution in [2.75, 3.05) is 18.4 Å². The van der Waals surface area contributed by atoms with Crippen LogP contribution in [0.15, 0.2) is 31.1 Å². The molecule has 0 aromatic carbocycles. The molecule has 0 radical (unpaired) electrons. The Hall–Kier alpha value is -2.78. The summed E-state index contributed by atoms with van der Waals surface area (Å²) in [7, 11) is 0. The molecule has 2 aliphatic rings. The minimum atomic E-state index is -4.29. The van der Waals surface area contributed by atoms with Gasteiger partial charge in [-0.15, -0.1) is 0 Å². The first-order valence-corrected chi connectivity index (χ1v) is 9.09. The Labute approximate surface area is 159 Å². The monoisotopic (exact) mass is 392 g/mol. The van der Waals surface area contributed by atoms with E-state index in [4.69, 9.17) is 0 Å². The van der Waals surface area contributed by atoms with Crippen LogP contribution in [-0.2, 0) is 5.54 Å². The molecule has 1 atom stereocenters. The van der Waals surface area contributed by atoms with Crippen molar-refractivity contribution in [2.45, 2.75) is 37.4 Å². The van der Waals surface area contributed by atoms with E-state index in [9.17, 15) is 18.0 Å². The zero-order valence-electron chi connectivity index (χ0n) is 15.0. The Kier molecular flexibility index (Phi) is 4.64. The van der Waals surface area contributed by atoms with E-state index in [2.05, 4.69) is 25.3 Å². The number of likely N-dealkylation sites (tertiary alicyclic amines) is 1. The number of piperidine rings is 1. The molecular formula is C18H19F3N6O. The SMILES string of the molecule is O=C(c1cnc(NC2(c3cncnc3)CC2)nc1)N1CCC[C@H](C(F)(F)F)C1. The van der Waals surface area contributed by atoms with Gasteiger partial charge in [-0.2, -0.15) is 13.2 Å². The van der Waals surface area contributed by atoms with E-state index in [1.807, 2.05) is 0 Å². The fraction of sp³-hybridized carbons (Fsp3) is 0.500. The summed E-state index contributed by atoms with van der Waals surface area (Å²) in [4.78, 5) is 30.2. The molecule has 1 saturated heterocycles. The number of aromatic nitrogens is 4. The topological polar surface area (TPSA) is 83.9 Å². The predicted molar refractivity (Wildman–Crippen MR) is 93.3 cm³/mol. The molecule has 1 amide bonds. The molecule has 4 rings (SSSR count). The molecule has 28 heavy (non-hydrogen) atoms. The van der Waals surface area contributed by atoms with Crippen molar-refractivity contribution >= 4 is 11.9 Å². The minimum absolute atomic E-state index is 0.0535. The van der Waals surface area contributed by atoms with Gasteiger partial charge in [0.25, 0.3) is 5.91 Å². The maximum absolute atomic E-state index is 13.0. The van der Waals surface area contributed by atoms with Crippen molar-refractivity contribution in [1.29, 1.82) is 0 Å². The fourth-order valence-electron chi connectivity index (χ4n) is 3.49. The lowest BCUT2D eigenvalue weighted by atomic mass is 9.97. The predicted octanol–water partition coefficient (Wildman–Crippen LogP) is 2.78. The summed E-state index contributed by atoms with van der Waals surface area (Å²) in [5.74, 6) is -1.60. The van der Waals surface area contributed by atoms with Crippen LogP contribution >= 0.6 is 0 Å². The van der Waals surface area contributed by atoms with Gasteiger partial charge in [0.15, 0.2) is 0 Å². The van der Waals surface area contributed by atoms with E-state index < -0.39 is 18.0 Å². The number of nitrogens with one attached hydrogen (secondary N) is 1. The van der Waals surface area contributed by atoms with Crippen molar-refractivity contribution in [1.82, 2.24) is 24.8 Å². The molecule has 3 heterocycles. The molecule has 7 nitrogen and oxygen atoms in total. The van der Waals surface area contributed by atoms with Gasteiger partial charge in [0.2, 0.25) is 5.95 Å². The highest BCUT2D eigenvalue weighted by molar-refractivity contribution is 5.93. The average molecular weight is 392 g/mol. The number of rotatable bonds is 4. The number of alkyl halides is 3. The van der Waals surface area contributed by atoms with Gasteiger partial charge in [-0.1, -0.05) is 0 Å². The van der Waals surface area contributed by atoms with E-state index in [1.165, 1.54) is 23.6 Å². The summed E-state index contributed by atoms with van der Waals surface area (Å²) in [6.45, 7) is -0.0119. The van der Waals surface area contributed by atoms with Crippen LogP contribution in [0, 0.1) is 5.92 Å². The van der Waals surface area contributed by atoms with Crippen LogP contribution in [0.3, 0.4) is 0 Å². The number of carbonyl (C=O) groups is 1. The molecule has 1 saturated carbocycles. The lowest BCUT2D eigenvalue weighted by molar-refractivity contribution is -0.184. The van der Waals surface area contributed by atoms with Crippen LogP contribution < -0.4 is 5.32 Å². The van der Waals surface area contributed by atoms with E-state index in [0.29, 0.717) is 18.9 Å². The van der Waals surface area contributed by atoms with E-state index in [-0.39, 0.29) is 24.1 Å². The average Bonchev–Trinajstić information content (AvgIpc) is 3.49. The van der Waals surface area contributed by atoms with Gasteiger partial charge in [0.05, 0.1) is 17.0 Å². The fourth-order valence-corrected chi connectivity index (χ4v) is 3.49. The van der Waals surface area contributed by atoms with Crippen LogP contribution in [0.2, 0.25) is 0 Å². The number of carbonyl (C=O) groups excluding carboxylic acids is 1. The number of halogens is 3. The summed E-state index contributed by atoms with van der Waals surface area (Å²) in [6.07, 6.45) is 5.50. The second-order valence-electron chi connectivity index (χ2n) is 7.26. The molecule has 2 aromatic rings. The molecule has 0 spiro atoms. The third kappa shape index (κ3) is 3.76. The summed E-state index contributed by atoms with van der Waals surface area (Å²) in [5, 5.41) is 3.24. The van der Waals surface area contributed by atoms with Gasteiger partial charge in [-0.3, -0.25) is 4.79 Å². The summed E-state index contributed by atoms with van der Waals surface area (Å²) >= 11 is 0. The molecule has 0 bridgehead atoms. The van der Waals surface area contributed by atoms with Gasteiger partial charge in [-0.25, -0.2) is 19.9 Å².